The van der Waals surface area contributed by atoms with Crippen LogP contribution in [0.2, 0.25) is 5.02 Å². The first-order chi connectivity index (χ1) is 9.97. The minimum absolute atomic E-state index is 0.479. The third-order valence-electron chi connectivity index (χ3n) is 3.64. The van der Waals surface area contributed by atoms with Gasteiger partial charge in [-0.1, -0.05) is 75.7 Å². The van der Waals surface area contributed by atoms with Crippen LogP contribution in [0.3, 0.4) is 0 Å². The normalized spacial score (nSPS) is 11.4. The van der Waals surface area contributed by atoms with Crippen molar-refractivity contribution in [3.8, 4) is 11.1 Å². The third kappa shape index (κ3) is 4.33. The highest BCUT2D eigenvalue weighted by molar-refractivity contribution is 6.33. The minimum atomic E-state index is 0.479. The zero-order valence-corrected chi connectivity index (χ0v) is 14.0. The number of rotatable bonds is 5. The summed E-state index contributed by atoms with van der Waals surface area (Å²) in [5.74, 6) is 0.555. The van der Waals surface area contributed by atoms with Gasteiger partial charge in [-0.05, 0) is 28.7 Å². The van der Waals surface area contributed by atoms with Crippen molar-refractivity contribution in [3.05, 3.63) is 58.6 Å². The maximum Gasteiger partial charge on any atom is 0.0487 e. The van der Waals surface area contributed by atoms with Crippen LogP contribution in [0.15, 0.2) is 42.5 Å². The first kappa shape index (κ1) is 16.1. The van der Waals surface area contributed by atoms with Crippen LogP contribution >= 0.6 is 11.6 Å². The molecule has 2 heteroatoms. The van der Waals surface area contributed by atoms with Crippen molar-refractivity contribution in [3.63, 3.8) is 0 Å². The summed E-state index contributed by atoms with van der Waals surface area (Å²) in [6.45, 7) is 9.56. The average Bonchev–Trinajstić information content (AvgIpc) is 2.45. The molecule has 112 valence electrons. The summed E-state index contributed by atoms with van der Waals surface area (Å²) in [6, 6.07) is 15.5. The second-order valence-electron chi connectivity index (χ2n) is 6.13. The number of benzene rings is 2. The molecule has 0 aliphatic carbocycles. The van der Waals surface area contributed by atoms with Gasteiger partial charge in [-0.2, -0.15) is 0 Å². The topological polar surface area (TPSA) is 12.0 Å². The van der Waals surface area contributed by atoms with Gasteiger partial charge >= 0.3 is 0 Å². The average molecular weight is 302 g/mol. The molecule has 0 aliphatic rings. The fraction of sp³-hybridized carbons (Fsp3) is 0.368. The Labute approximate surface area is 133 Å². The highest BCUT2D eigenvalue weighted by Gasteiger charge is 2.06. The molecule has 0 saturated heterocycles. The second-order valence-corrected chi connectivity index (χ2v) is 6.53. The van der Waals surface area contributed by atoms with Crippen LogP contribution in [0, 0.1) is 0 Å². The zero-order chi connectivity index (χ0) is 15.4. The standard InChI is InChI=1S/C19H24ClN/c1-13(2)16-6-8-17(9-7-16)18-10-5-15(11-19(18)20)12-21-14(3)4/h5-11,13-14,21H,12H2,1-4H3. The monoisotopic (exact) mass is 301 g/mol. The smallest absolute Gasteiger partial charge is 0.0487 e. The van der Waals surface area contributed by atoms with Gasteiger partial charge in [0.15, 0.2) is 0 Å². The SMILES string of the molecule is CC(C)NCc1ccc(-c2ccc(C(C)C)cc2)c(Cl)c1. The van der Waals surface area contributed by atoms with Gasteiger partial charge in [0.05, 0.1) is 0 Å². The molecule has 0 bridgehead atoms. The summed E-state index contributed by atoms with van der Waals surface area (Å²) in [7, 11) is 0. The lowest BCUT2D eigenvalue weighted by molar-refractivity contribution is 0.589. The third-order valence-corrected chi connectivity index (χ3v) is 3.95. The largest absolute Gasteiger partial charge is 0.310 e. The lowest BCUT2D eigenvalue weighted by Gasteiger charge is -2.11. The van der Waals surface area contributed by atoms with Gasteiger partial charge in [0.2, 0.25) is 0 Å². The van der Waals surface area contributed by atoms with Crippen molar-refractivity contribution in [2.24, 2.45) is 0 Å². The van der Waals surface area contributed by atoms with Crippen LogP contribution in [0.25, 0.3) is 11.1 Å². The molecular formula is C19H24ClN. The zero-order valence-electron chi connectivity index (χ0n) is 13.3. The first-order valence-electron chi connectivity index (χ1n) is 7.59. The molecule has 21 heavy (non-hydrogen) atoms. The van der Waals surface area contributed by atoms with E-state index < -0.39 is 0 Å². The Morgan fingerprint density at radius 2 is 1.62 bits per heavy atom. The van der Waals surface area contributed by atoms with E-state index in [9.17, 15) is 0 Å². The molecule has 2 aromatic rings. The molecule has 0 atom stereocenters. The number of halogens is 1. The molecule has 1 N–H and O–H groups in total. The molecule has 0 spiro atoms. The number of hydrogen-bond acceptors (Lipinski definition) is 1. The van der Waals surface area contributed by atoms with Gasteiger partial charge in [0.25, 0.3) is 0 Å². The molecule has 2 aromatic carbocycles. The maximum absolute atomic E-state index is 6.45. The van der Waals surface area contributed by atoms with E-state index in [1.807, 2.05) is 0 Å². The van der Waals surface area contributed by atoms with Crippen molar-refractivity contribution in [2.75, 3.05) is 0 Å². The summed E-state index contributed by atoms with van der Waals surface area (Å²) < 4.78 is 0. The maximum atomic E-state index is 6.45. The van der Waals surface area contributed by atoms with E-state index in [1.165, 1.54) is 16.7 Å². The molecular weight excluding hydrogens is 278 g/mol. The molecule has 0 fully saturated rings. The lowest BCUT2D eigenvalue weighted by Crippen LogP contribution is -2.21. The quantitative estimate of drug-likeness (QED) is 0.755. The van der Waals surface area contributed by atoms with Gasteiger partial charge in [0, 0.05) is 23.2 Å². The molecule has 0 unspecified atom stereocenters. The molecule has 0 radical (unpaired) electrons. The Bertz CT molecular complexity index is 585. The highest BCUT2D eigenvalue weighted by Crippen LogP contribution is 2.30. The van der Waals surface area contributed by atoms with E-state index in [4.69, 9.17) is 11.6 Å². The van der Waals surface area contributed by atoms with Crippen LogP contribution in [-0.4, -0.2) is 6.04 Å². The Kier molecular flexibility index (Phi) is 5.44. The molecule has 0 amide bonds. The van der Waals surface area contributed by atoms with Crippen molar-refractivity contribution < 1.29 is 0 Å². The van der Waals surface area contributed by atoms with E-state index >= 15 is 0 Å². The fourth-order valence-electron chi connectivity index (χ4n) is 2.27. The van der Waals surface area contributed by atoms with Crippen molar-refractivity contribution in [1.82, 2.24) is 5.32 Å². The van der Waals surface area contributed by atoms with Gasteiger partial charge in [0.1, 0.15) is 0 Å². The summed E-state index contributed by atoms with van der Waals surface area (Å²) in [5, 5.41) is 4.22. The van der Waals surface area contributed by atoms with Gasteiger partial charge in [-0.25, -0.2) is 0 Å². The summed E-state index contributed by atoms with van der Waals surface area (Å²) in [6.07, 6.45) is 0. The summed E-state index contributed by atoms with van der Waals surface area (Å²) >= 11 is 6.45. The summed E-state index contributed by atoms with van der Waals surface area (Å²) in [4.78, 5) is 0. The van der Waals surface area contributed by atoms with E-state index in [2.05, 4.69) is 75.5 Å². The Morgan fingerprint density at radius 1 is 0.952 bits per heavy atom. The van der Waals surface area contributed by atoms with E-state index in [1.54, 1.807) is 0 Å². The predicted octanol–water partition coefficient (Wildman–Crippen LogP) is 5.63. The van der Waals surface area contributed by atoms with Crippen molar-refractivity contribution in [1.29, 1.82) is 0 Å². The van der Waals surface area contributed by atoms with Crippen LogP contribution in [0.5, 0.6) is 0 Å². The Morgan fingerprint density at radius 3 is 2.14 bits per heavy atom. The van der Waals surface area contributed by atoms with Crippen LogP contribution in [-0.2, 0) is 6.54 Å². The summed E-state index contributed by atoms with van der Waals surface area (Å²) in [5.41, 5.74) is 4.84. The van der Waals surface area contributed by atoms with Gasteiger partial charge in [-0.3, -0.25) is 0 Å². The van der Waals surface area contributed by atoms with E-state index in [0.29, 0.717) is 12.0 Å². The molecule has 0 heterocycles. The predicted molar refractivity (Wildman–Crippen MR) is 93.0 cm³/mol. The van der Waals surface area contributed by atoms with Gasteiger partial charge < -0.3 is 5.32 Å². The van der Waals surface area contributed by atoms with E-state index in [0.717, 1.165) is 17.1 Å². The molecule has 0 saturated carbocycles. The Balaban J connectivity index is 2.20. The fourth-order valence-corrected chi connectivity index (χ4v) is 2.58. The highest BCUT2D eigenvalue weighted by atomic mass is 35.5. The number of nitrogens with one attached hydrogen (secondary N) is 1. The molecule has 2 rings (SSSR count). The number of hydrogen-bond donors (Lipinski definition) is 1. The van der Waals surface area contributed by atoms with Crippen molar-refractivity contribution >= 4 is 11.6 Å². The van der Waals surface area contributed by atoms with Crippen LogP contribution in [0.1, 0.15) is 44.7 Å². The Hall–Kier alpha value is -1.31. The van der Waals surface area contributed by atoms with Crippen LogP contribution < -0.4 is 5.32 Å². The minimum Gasteiger partial charge on any atom is -0.310 e. The lowest BCUT2D eigenvalue weighted by atomic mass is 9.98. The molecule has 0 aromatic heterocycles. The molecule has 1 nitrogen and oxygen atoms in total. The first-order valence-corrected chi connectivity index (χ1v) is 7.97. The van der Waals surface area contributed by atoms with Crippen LogP contribution in [0.4, 0.5) is 0 Å². The van der Waals surface area contributed by atoms with E-state index in [-0.39, 0.29) is 0 Å². The van der Waals surface area contributed by atoms with Gasteiger partial charge in [-0.15, -0.1) is 0 Å². The van der Waals surface area contributed by atoms with Crippen molar-refractivity contribution in [2.45, 2.75) is 46.2 Å². The molecule has 0 aliphatic heterocycles. The second kappa shape index (κ2) is 7.11.